The van der Waals surface area contributed by atoms with Crippen molar-refractivity contribution in [1.82, 2.24) is 10.6 Å². The maximum absolute atomic E-state index is 12.0. The summed E-state index contributed by atoms with van der Waals surface area (Å²) in [7, 11) is 0. The second-order valence-corrected chi connectivity index (χ2v) is 5.48. The SMILES string of the molecule is CC(C(=O)NC(C(=O)O)c1cccs1)C1CNC1. The third-order valence-corrected chi connectivity index (χ3v) is 4.23. The maximum atomic E-state index is 12.0. The zero-order valence-corrected chi connectivity index (χ0v) is 10.9. The first-order valence-corrected chi connectivity index (χ1v) is 6.75. The van der Waals surface area contributed by atoms with E-state index in [1.807, 2.05) is 6.92 Å². The van der Waals surface area contributed by atoms with E-state index >= 15 is 0 Å². The molecule has 1 aliphatic heterocycles. The second-order valence-electron chi connectivity index (χ2n) is 4.50. The molecule has 5 nitrogen and oxygen atoms in total. The molecule has 0 aromatic carbocycles. The molecule has 1 amide bonds. The summed E-state index contributed by atoms with van der Waals surface area (Å²) < 4.78 is 0. The Balaban J connectivity index is 2.00. The van der Waals surface area contributed by atoms with Crippen molar-refractivity contribution >= 4 is 23.2 Å². The maximum Gasteiger partial charge on any atom is 0.331 e. The van der Waals surface area contributed by atoms with Crippen LogP contribution in [0.2, 0.25) is 0 Å². The number of carbonyl (C=O) groups is 2. The zero-order valence-electron chi connectivity index (χ0n) is 10.1. The molecule has 1 fully saturated rings. The number of hydrogen-bond donors (Lipinski definition) is 3. The number of carbonyl (C=O) groups excluding carboxylic acids is 1. The van der Waals surface area contributed by atoms with Crippen molar-refractivity contribution in [2.45, 2.75) is 13.0 Å². The van der Waals surface area contributed by atoms with Crippen molar-refractivity contribution in [2.24, 2.45) is 11.8 Å². The molecule has 0 saturated carbocycles. The molecule has 18 heavy (non-hydrogen) atoms. The lowest BCUT2D eigenvalue weighted by molar-refractivity contribution is -0.143. The van der Waals surface area contributed by atoms with Gasteiger partial charge in [-0.15, -0.1) is 11.3 Å². The molecule has 1 aromatic heterocycles. The predicted molar refractivity (Wildman–Crippen MR) is 68.4 cm³/mol. The van der Waals surface area contributed by atoms with Crippen LogP contribution in [0.5, 0.6) is 0 Å². The number of amides is 1. The lowest BCUT2D eigenvalue weighted by Crippen LogP contribution is -2.50. The third kappa shape index (κ3) is 2.70. The van der Waals surface area contributed by atoms with E-state index in [-0.39, 0.29) is 11.8 Å². The van der Waals surface area contributed by atoms with Crippen molar-refractivity contribution in [2.75, 3.05) is 13.1 Å². The molecule has 1 aromatic rings. The van der Waals surface area contributed by atoms with Crippen LogP contribution in [-0.4, -0.2) is 30.1 Å². The molecule has 1 aliphatic rings. The Morgan fingerprint density at radius 1 is 1.56 bits per heavy atom. The molecular weight excluding hydrogens is 252 g/mol. The Kier molecular flexibility index (Phi) is 3.98. The first-order valence-electron chi connectivity index (χ1n) is 5.87. The Bertz CT molecular complexity index is 429. The van der Waals surface area contributed by atoms with Gasteiger partial charge >= 0.3 is 5.97 Å². The highest BCUT2D eigenvalue weighted by molar-refractivity contribution is 7.10. The van der Waals surface area contributed by atoms with Crippen molar-refractivity contribution in [3.05, 3.63) is 22.4 Å². The van der Waals surface area contributed by atoms with Crippen LogP contribution in [0, 0.1) is 11.8 Å². The molecule has 0 radical (unpaired) electrons. The molecular formula is C12H16N2O3S. The smallest absolute Gasteiger partial charge is 0.331 e. The summed E-state index contributed by atoms with van der Waals surface area (Å²) in [5.41, 5.74) is 0. The normalized spacial score (nSPS) is 18.7. The highest BCUT2D eigenvalue weighted by atomic mass is 32.1. The van der Waals surface area contributed by atoms with Crippen molar-refractivity contribution in [3.63, 3.8) is 0 Å². The summed E-state index contributed by atoms with van der Waals surface area (Å²) in [6, 6.07) is 2.56. The molecule has 2 heterocycles. The number of carboxylic acids is 1. The van der Waals surface area contributed by atoms with E-state index in [9.17, 15) is 9.59 Å². The van der Waals surface area contributed by atoms with Gasteiger partial charge in [-0.1, -0.05) is 13.0 Å². The molecule has 3 N–H and O–H groups in total. The van der Waals surface area contributed by atoms with E-state index in [1.165, 1.54) is 11.3 Å². The minimum Gasteiger partial charge on any atom is -0.479 e. The summed E-state index contributed by atoms with van der Waals surface area (Å²) in [5, 5.41) is 16.7. The van der Waals surface area contributed by atoms with Gasteiger partial charge in [-0.3, -0.25) is 4.79 Å². The van der Waals surface area contributed by atoms with Gasteiger partial charge in [0.05, 0.1) is 0 Å². The summed E-state index contributed by atoms with van der Waals surface area (Å²) in [5.74, 6) is -1.07. The standard InChI is InChI=1S/C12H16N2O3S/c1-7(8-5-13-6-8)11(15)14-10(12(16)17)9-3-2-4-18-9/h2-4,7-8,10,13H,5-6H2,1H3,(H,14,15)(H,16,17). The number of aliphatic carboxylic acids is 1. The van der Waals surface area contributed by atoms with Gasteiger partial charge in [0.25, 0.3) is 0 Å². The summed E-state index contributed by atoms with van der Waals surface area (Å²) >= 11 is 1.33. The largest absolute Gasteiger partial charge is 0.479 e. The van der Waals surface area contributed by atoms with Crippen LogP contribution in [0.1, 0.15) is 17.8 Å². The van der Waals surface area contributed by atoms with E-state index in [4.69, 9.17) is 5.11 Å². The zero-order chi connectivity index (χ0) is 13.1. The van der Waals surface area contributed by atoms with Gasteiger partial charge in [0, 0.05) is 10.8 Å². The Hall–Kier alpha value is -1.40. The summed E-state index contributed by atoms with van der Waals surface area (Å²) in [6.45, 7) is 3.49. The molecule has 1 saturated heterocycles. The summed E-state index contributed by atoms with van der Waals surface area (Å²) in [4.78, 5) is 23.8. The van der Waals surface area contributed by atoms with Crippen molar-refractivity contribution < 1.29 is 14.7 Å². The van der Waals surface area contributed by atoms with Crippen molar-refractivity contribution in [3.8, 4) is 0 Å². The number of carboxylic acid groups (broad SMARTS) is 1. The first kappa shape index (κ1) is 13.0. The number of hydrogen-bond acceptors (Lipinski definition) is 4. The topological polar surface area (TPSA) is 78.4 Å². The first-order chi connectivity index (χ1) is 8.59. The van der Waals surface area contributed by atoms with E-state index in [0.717, 1.165) is 13.1 Å². The summed E-state index contributed by atoms with van der Waals surface area (Å²) in [6.07, 6.45) is 0. The quantitative estimate of drug-likeness (QED) is 0.739. The highest BCUT2D eigenvalue weighted by Crippen LogP contribution is 2.22. The lowest BCUT2D eigenvalue weighted by Gasteiger charge is -2.32. The van der Waals surface area contributed by atoms with E-state index in [1.54, 1.807) is 17.5 Å². The number of nitrogens with one attached hydrogen (secondary N) is 2. The van der Waals surface area contributed by atoms with Crippen LogP contribution in [0.25, 0.3) is 0 Å². The third-order valence-electron chi connectivity index (χ3n) is 3.29. The van der Waals surface area contributed by atoms with Crippen LogP contribution >= 0.6 is 11.3 Å². The van der Waals surface area contributed by atoms with Crippen LogP contribution < -0.4 is 10.6 Å². The van der Waals surface area contributed by atoms with Gasteiger partial charge in [-0.05, 0) is 30.5 Å². The minimum atomic E-state index is -1.02. The number of rotatable bonds is 5. The molecule has 98 valence electrons. The molecule has 2 atom stereocenters. The Labute approximate surface area is 109 Å². The van der Waals surface area contributed by atoms with E-state index in [0.29, 0.717) is 10.8 Å². The number of thiophene rings is 1. The predicted octanol–water partition coefficient (Wildman–Crippen LogP) is 0.845. The molecule has 0 aliphatic carbocycles. The van der Waals surface area contributed by atoms with Gasteiger partial charge < -0.3 is 15.7 Å². The van der Waals surface area contributed by atoms with Crippen LogP contribution in [0.15, 0.2) is 17.5 Å². The molecule has 0 bridgehead atoms. The Morgan fingerprint density at radius 2 is 2.28 bits per heavy atom. The fourth-order valence-corrected chi connectivity index (χ4v) is 2.63. The highest BCUT2D eigenvalue weighted by Gasteiger charge is 2.31. The molecule has 6 heteroatoms. The van der Waals surface area contributed by atoms with Gasteiger partial charge in [0.15, 0.2) is 6.04 Å². The molecule has 2 unspecified atom stereocenters. The van der Waals surface area contributed by atoms with Gasteiger partial charge in [0.2, 0.25) is 5.91 Å². The average Bonchev–Trinajstić information content (AvgIpc) is 2.75. The lowest BCUT2D eigenvalue weighted by atomic mass is 9.88. The van der Waals surface area contributed by atoms with E-state index in [2.05, 4.69) is 10.6 Å². The fraction of sp³-hybridized carbons (Fsp3) is 0.500. The van der Waals surface area contributed by atoms with Crippen LogP contribution in [-0.2, 0) is 9.59 Å². The molecule has 0 spiro atoms. The fourth-order valence-electron chi connectivity index (χ4n) is 1.86. The minimum absolute atomic E-state index is 0.159. The van der Waals surface area contributed by atoms with Gasteiger partial charge in [-0.25, -0.2) is 4.79 Å². The average molecular weight is 268 g/mol. The van der Waals surface area contributed by atoms with Gasteiger partial charge in [0.1, 0.15) is 0 Å². The van der Waals surface area contributed by atoms with Crippen LogP contribution in [0.4, 0.5) is 0 Å². The second kappa shape index (κ2) is 5.49. The van der Waals surface area contributed by atoms with Crippen LogP contribution in [0.3, 0.4) is 0 Å². The Morgan fingerprint density at radius 3 is 2.72 bits per heavy atom. The van der Waals surface area contributed by atoms with Gasteiger partial charge in [-0.2, -0.15) is 0 Å². The van der Waals surface area contributed by atoms with E-state index < -0.39 is 12.0 Å². The molecule has 2 rings (SSSR count). The van der Waals surface area contributed by atoms with Crippen molar-refractivity contribution in [1.29, 1.82) is 0 Å². The monoisotopic (exact) mass is 268 g/mol.